The van der Waals surface area contributed by atoms with Crippen molar-refractivity contribution < 1.29 is 0 Å². The highest BCUT2D eigenvalue weighted by Crippen LogP contribution is 2.21. The molecule has 1 aliphatic heterocycles. The molecule has 3 rings (SSSR count). The SMILES string of the molecule is c1ccc(-n2ccnc2)c(NC2CCCNC2)c1. The molecule has 18 heavy (non-hydrogen) atoms. The first-order chi connectivity index (χ1) is 8.93. The summed E-state index contributed by atoms with van der Waals surface area (Å²) in [4.78, 5) is 4.11. The van der Waals surface area contributed by atoms with Gasteiger partial charge in [-0.25, -0.2) is 4.98 Å². The highest BCUT2D eigenvalue weighted by Gasteiger charge is 2.14. The van der Waals surface area contributed by atoms with Crippen LogP contribution in [0.3, 0.4) is 0 Å². The number of nitrogens with zero attached hydrogens (tertiary/aromatic N) is 2. The van der Waals surface area contributed by atoms with Crippen LogP contribution in [0.4, 0.5) is 5.69 Å². The normalized spacial score (nSPS) is 19.7. The van der Waals surface area contributed by atoms with Gasteiger partial charge in [0, 0.05) is 25.0 Å². The van der Waals surface area contributed by atoms with Gasteiger partial charge in [0.1, 0.15) is 0 Å². The molecule has 2 aromatic rings. The van der Waals surface area contributed by atoms with Crippen molar-refractivity contribution in [1.82, 2.24) is 14.9 Å². The number of benzene rings is 1. The fourth-order valence-corrected chi connectivity index (χ4v) is 2.42. The van der Waals surface area contributed by atoms with E-state index in [4.69, 9.17) is 0 Å². The van der Waals surface area contributed by atoms with Crippen LogP contribution in [0, 0.1) is 0 Å². The second-order valence-electron chi connectivity index (χ2n) is 4.67. The Morgan fingerprint density at radius 3 is 3.06 bits per heavy atom. The number of para-hydroxylation sites is 2. The number of piperidine rings is 1. The Balaban J connectivity index is 1.83. The van der Waals surface area contributed by atoms with Crippen molar-refractivity contribution in [2.45, 2.75) is 18.9 Å². The van der Waals surface area contributed by atoms with Gasteiger partial charge in [0.05, 0.1) is 17.7 Å². The predicted molar refractivity (Wildman–Crippen MR) is 73.1 cm³/mol. The molecule has 1 fully saturated rings. The molecule has 4 nitrogen and oxygen atoms in total. The molecule has 2 heterocycles. The smallest absolute Gasteiger partial charge is 0.0992 e. The predicted octanol–water partition coefficient (Wildman–Crippen LogP) is 2.04. The second kappa shape index (κ2) is 5.23. The van der Waals surface area contributed by atoms with E-state index in [-0.39, 0.29) is 0 Å². The topological polar surface area (TPSA) is 41.9 Å². The number of hydrogen-bond acceptors (Lipinski definition) is 3. The summed E-state index contributed by atoms with van der Waals surface area (Å²) in [6.07, 6.45) is 8.08. The van der Waals surface area contributed by atoms with E-state index in [2.05, 4.69) is 39.9 Å². The fourth-order valence-electron chi connectivity index (χ4n) is 2.42. The van der Waals surface area contributed by atoms with E-state index in [0.29, 0.717) is 6.04 Å². The molecular weight excluding hydrogens is 224 g/mol. The van der Waals surface area contributed by atoms with E-state index in [0.717, 1.165) is 18.8 Å². The summed E-state index contributed by atoms with van der Waals surface area (Å²) < 4.78 is 2.04. The van der Waals surface area contributed by atoms with Crippen LogP contribution in [0.2, 0.25) is 0 Å². The molecule has 0 amide bonds. The summed E-state index contributed by atoms with van der Waals surface area (Å²) in [5.41, 5.74) is 2.32. The molecular formula is C14H18N4. The highest BCUT2D eigenvalue weighted by molar-refractivity contribution is 5.61. The molecule has 1 aromatic heterocycles. The molecule has 0 bridgehead atoms. The van der Waals surface area contributed by atoms with Gasteiger partial charge in [0.15, 0.2) is 0 Å². The molecule has 0 aliphatic carbocycles. The molecule has 1 atom stereocenters. The number of imidazole rings is 1. The largest absolute Gasteiger partial charge is 0.379 e. The van der Waals surface area contributed by atoms with Gasteiger partial charge in [-0.05, 0) is 31.5 Å². The van der Waals surface area contributed by atoms with E-state index in [1.165, 1.54) is 18.5 Å². The van der Waals surface area contributed by atoms with Gasteiger partial charge >= 0.3 is 0 Å². The van der Waals surface area contributed by atoms with E-state index in [1.807, 2.05) is 17.1 Å². The fraction of sp³-hybridized carbons (Fsp3) is 0.357. The third-order valence-corrected chi connectivity index (χ3v) is 3.34. The lowest BCUT2D eigenvalue weighted by Crippen LogP contribution is -2.38. The van der Waals surface area contributed by atoms with E-state index < -0.39 is 0 Å². The zero-order valence-corrected chi connectivity index (χ0v) is 10.3. The molecule has 2 N–H and O–H groups in total. The van der Waals surface area contributed by atoms with Gasteiger partial charge in [0.2, 0.25) is 0 Å². The summed E-state index contributed by atoms with van der Waals surface area (Å²) in [6, 6.07) is 8.88. The lowest BCUT2D eigenvalue weighted by molar-refractivity contribution is 0.480. The lowest BCUT2D eigenvalue weighted by Gasteiger charge is -2.26. The Hall–Kier alpha value is -1.81. The van der Waals surface area contributed by atoms with E-state index in [9.17, 15) is 0 Å². The summed E-state index contributed by atoms with van der Waals surface area (Å²) in [7, 11) is 0. The summed E-state index contributed by atoms with van der Waals surface area (Å²) in [5.74, 6) is 0. The van der Waals surface area contributed by atoms with E-state index in [1.54, 1.807) is 6.20 Å². The minimum Gasteiger partial charge on any atom is -0.379 e. The van der Waals surface area contributed by atoms with Crippen LogP contribution in [-0.2, 0) is 0 Å². The van der Waals surface area contributed by atoms with Crippen LogP contribution in [0.5, 0.6) is 0 Å². The van der Waals surface area contributed by atoms with Crippen LogP contribution < -0.4 is 10.6 Å². The first-order valence-electron chi connectivity index (χ1n) is 6.48. The van der Waals surface area contributed by atoms with Gasteiger partial charge < -0.3 is 15.2 Å². The first kappa shape index (κ1) is 11.3. The third kappa shape index (κ3) is 2.38. The van der Waals surface area contributed by atoms with E-state index >= 15 is 0 Å². The van der Waals surface area contributed by atoms with Crippen LogP contribution in [-0.4, -0.2) is 28.7 Å². The molecule has 0 saturated carbocycles. The Bertz CT molecular complexity index is 486. The summed E-state index contributed by atoms with van der Waals surface area (Å²) >= 11 is 0. The second-order valence-corrected chi connectivity index (χ2v) is 4.67. The molecule has 1 aromatic carbocycles. The minimum atomic E-state index is 0.517. The number of hydrogen-bond donors (Lipinski definition) is 2. The average molecular weight is 242 g/mol. The molecule has 94 valence electrons. The zero-order valence-electron chi connectivity index (χ0n) is 10.3. The van der Waals surface area contributed by atoms with Gasteiger partial charge in [-0.2, -0.15) is 0 Å². The maximum absolute atomic E-state index is 4.11. The summed E-state index contributed by atoms with van der Waals surface area (Å²) in [5, 5.41) is 7.05. The zero-order chi connectivity index (χ0) is 12.2. The van der Waals surface area contributed by atoms with Crippen molar-refractivity contribution in [2.24, 2.45) is 0 Å². The third-order valence-electron chi connectivity index (χ3n) is 3.34. The molecule has 1 aliphatic rings. The van der Waals surface area contributed by atoms with Gasteiger partial charge in [0.25, 0.3) is 0 Å². The Morgan fingerprint density at radius 2 is 2.28 bits per heavy atom. The van der Waals surface area contributed by atoms with Crippen molar-refractivity contribution in [2.75, 3.05) is 18.4 Å². The van der Waals surface area contributed by atoms with Gasteiger partial charge in [-0.15, -0.1) is 0 Å². The number of aromatic nitrogens is 2. The number of rotatable bonds is 3. The van der Waals surface area contributed by atoms with Crippen molar-refractivity contribution >= 4 is 5.69 Å². The minimum absolute atomic E-state index is 0.517. The maximum Gasteiger partial charge on any atom is 0.0992 e. The van der Waals surface area contributed by atoms with Crippen LogP contribution in [0.1, 0.15) is 12.8 Å². The molecule has 1 unspecified atom stereocenters. The van der Waals surface area contributed by atoms with Gasteiger partial charge in [-0.1, -0.05) is 12.1 Å². The monoisotopic (exact) mass is 242 g/mol. The molecule has 0 radical (unpaired) electrons. The highest BCUT2D eigenvalue weighted by atomic mass is 15.1. The Morgan fingerprint density at radius 1 is 1.33 bits per heavy atom. The number of nitrogens with one attached hydrogen (secondary N) is 2. The molecule has 4 heteroatoms. The van der Waals surface area contributed by atoms with Crippen LogP contribution >= 0.6 is 0 Å². The summed E-state index contributed by atoms with van der Waals surface area (Å²) in [6.45, 7) is 2.18. The Kier molecular flexibility index (Phi) is 3.28. The standard InChI is InChI=1S/C14H18N4/c1-2-6-14(18-9-8-16-11-18)13(5-1)17-12-4-3-7-15-10-12/h1-2,5-6,8-9,11-12,15,17H,3-4,7,10H2. The Labute approximate surface area is 107 Å². The van der Waals surface area contributed by atoms with Crippen LogP contribution in [0.15, 0.2) is 43.0 Å². The molecule has 1 saturated heterocycles. The maximum atomic E-state index is 4.11. The average Bonchev–Trinajstić information content (AvgIpc) is 2.94. The van der Waals surface area contributed by atoms with Crippen molar-refractivity contribution in [3.63, 3.8) is 0 Å². The van der Waals surface area contributed by atoms with Crippen molar-refractivity contribution in [3.8, 4) is 5.69 Å². The lowest BCUT2D eigenvalue weighted by atomic mass is 10.1. The van der Waals surface area contributed by atoms with Crippen molar-refractivity contribution in [1.29, 1.82) is 0 Å². The first-order valence-corrected chi connectivity index (χ1v) is 6.48. The quantitative estimate of drug-likeness (QED) is 0.865. The van der Waals surface area contributed by atoms with Crippen molar-refractivity contribution in [3.05, 3.63) is 43.0 Å². The van der Waals surface area contributed by atoms with Crippen LogP contribution in [0.25, 0.3) is 5.69 Å². The number of anilines is 1. The van der Waals surface area contributed by atoms with Gasteiger partial charge in [-0.3, -0.25) is 0 Å². The molecule has 0 spiro atoms.